The van der Waals surface area contributed by atoms with Crippen LogP contribution >= 0.6 is 0 Å². The molecule has 0 radical (unpaired) electrons. The van der Waals surface area contributed by atoms with Crippen molar-refractivity contribution in [1.82, 2.24) is 0 Å². The Morgan fingerprint density at radius 2 is 1.39 bits per heavy atom. The van der Waals surface area contributed by atoms with Gasteiger partial charge in [-0.25, -0.2) is 0 Å². The molecule has 0 aliphatic carbocycles. The van der Waals surface area contributed by atoms with Crippen molar-refractivity contribution in [1.29, 1.82) is 0 Å². The fourth-order valence-corrected chi connectivity index (χ4v) is 2.47. The lowest BCUT2D eigenvalue weighted by Gasteiger charge is -2.11. The van der Waals surface area contributed by atoms with Crippen molar-refractivity contribution in [2.45, 2.75) is 6.92 Å². The van der Waals surface area contributed by atoms with E-state index in [0.29, 0.717) is 0 Å². The third-order valence-corrected chi connectivity index (χ3v) is 3.37. The molecule has 0 amide bonds. The van der Waals surface area contributed by atoms with Gasteiger partial charge in [0.1, 0.15) is 0 Å². The van der Waals surface area contributed by atoms with Crippen molar-refractivity contribution < 1.29 is 0 Å². The highest BCUT2D eigenvalue weighted by atomic mass is 14.5. The molecule has 0 spiro atoms. The third-order valence-electron chi connectivity index (χ3n) is 3.37. The number of anilines is 1. The van der Waals surface area contributed by atoms with Crippen LogP contribution in [0, 0.1) is 6.92 Å². The molecule has 18 heavy (non-hydrogen) atoms. The number of benzene rings is 3. The molecule has 0 aromatic heterocycles. The van der Waals surface area contributed by atoms with Crippen LogP contribution in [0.25, 0.3) is 21.9 Å². The molecular formula is C17H15N. The van der Waals surface area contributed by atoms with Crippen molar-refractivity contribution in [2.75, 3.05) is 5.73 Å². The molecule has 0 heterocycles. The summed E-state index contributed by atoms with van der Waals surface area (Å²) >= 11 is 0. The van der Waals surface area contributed by atoms with Crippen molar-refractivity contribution in [3.05, 3.63) is 66.2 Å². The highest BCUT2D eigenvalue weighted by Crippen LogP contribution is 2.33. The second-order valence-corrected chi connectivity index (χ2v) is 4.57. The monoisotopic (exact) mass is 233 g/mol. The predicted octanol–water partition coefficient (Wildman–Crippen LogP) is 4.40. The van der Waals surface area contributed by atoms with Crippen LogP contribution in [-0.2, 0) is 0 Å². The van der Waals surface area contributed by atoms with Crippen LogP contribution in [0.5, 0.6) is 0 Å². The van der Waals surface area contributed by atoms with E-state index in [1.165, 1.54) is 22.1 Å². The Hall–Kier alpha value is -2.28. The lowest BCUT2D eigenvalue weighted by atomic mass is 9.94. The summed E-state index contributed by atoms with van der Waals surface area (Å²) in [6, 6.07) is 20.8. The normalized spacial score (nSPS) is 10.7. The lowest BCUT2D eigenvalue weighted by Crippen LogP contribution is -1.90. The summed E-state index contributed by atoms with van der Waals surface area (Å²) < 4.78 is 0. The fraction of sp³-hybridized carbons (Fsp3) is 0.0588. The number of nitrogen functional groups attached to an aromatic ring is 1. The second kappa shape index (κ2) is 4.19. The van der Waals surface area contributed by atoms with Gasteiger partial charge in [0.25, 0.3) is 0 Å². The van der Waals surface area contributed by atoms with Crippen molar-refractivity contribution >= 4 is 16.5 Å². The van der Waals surface area contributed by atoms with Crippen molar-refractivity contribution in [2.24, 2.45) is 0 Å². The van der Waals surface area contributed by atoms with Gasteiger partial charge >= 0.3 is 0 Å². The van der Waals surface area contributed by atoms with Gasteiger partial charge < -0.3 is 5.73 Å². The number of hydrogen-bond acceptors (Lipinski definition) is 1. The summed E-state index contributed by atoms with van der Waals surface area (Å²) in [5.74, 6) is 0. The summed E-state index contributed by atoms with van der Waals surface area (Å²) in [4.78, 5) is 0. The van der Waals surface area contributed by atoms with Gasteiger partial charge in [0.15, 0.2) is 0 Å². The number of aryl methyl sites for hydroxylation is 1. The summed E-state index contributed by atoms with van der Waals surface area (Å²) in [5, 5.41) is 2.34. The van der Waals surface area contributed by atoms with Crippen LogP contribution in [0.1, 0.15) is 5.56 Å². The second-order valence-electron chi connectivity index (χ2n) is 4.57. The van der Waals surface area contributed by atoms with E-state index in [4.69, 9.17) is 5.73 Å². The largest absolute Gasteiger partial charge is 0.398 e. The average Bonchev–Trinajstić information content (AvgIpc) is 2.39. The van der Waals surface area contributed by atoms with Crippen LogP contribution in [0.3, 0.4) is 0 Å². The molecule has 0 saturated heterocycles. The summed E-state index contributed by atoms with van der Waals surface area (Å²) in [7, 11) is 0. The minimum atomic E-state index is 0.839. The molecule has 1 nitrogen and oxygen atoms in total. The number of hydrogen-bond donors (Lipinski definition) is 1. The maximum absolute atomic E-state index is 6.14. The number of rotatable bonds is 1. The van der Waals surface area contributed by atoms with Gasteiger partial charge in [-0.1, -0.05) is 54.6 Å². The molecule has 0 aliphatic rings. The molecule has 3 aromatic rings. The van der Waals surface area contributed by atoms with Crippen molar-refractivity contribution in [3.63, 3.8) is 0 Å². The van der Waals surface area contributed by atoms with E-state index < -0.39 is 0 Å². The van der Waals surface area contributed by atoms with Gasteiger partial charge in [0.05, 0.1) is 0 Å². The quantitative estimate of drug-likeness (QED) is 0.619. The lowest BCUT2D eigenvalue weighted by molar-refractivity contribution is 1.47. The van der Waals surface area contributed by atoms with Crippen LogP contribution in [0.15, 0.2) is 60.7 Å². The van der Waals surface area contributed by atoms with E-state index in [-0.39, 0.29) is 0 Å². The maximum atomic E-state index is 6.14. The van der Waals surface area contributed by atoms with Gasteiger partial charge in [0.2, 0.25) is 0 Å². The van der Waals surface area contributed by atoms with Crippen LogP contribution < -0.4 is 5.73 Å². The molecule has 0 unspecified atom stereocenters. The highest BCUT2D eigenvalue weighted by molar-refractivity contribution is 6.04. The SMILES string of the molecule is Cc1ccccc1-c1cccc2cccc(N)c12. The Bertz CT molecular complexity index is 708. The minimum absolute atomic E-state index is 0.839. The first-order chi connectivity index (χ1) is 8.77. The first-order valence-corrected chi connectivity index (χ1v) is 6.10. The molecule has 0 fully saturated rings. The van der Waals surface area contributed by atoms with E-state index >= 15 is 0 Å². The highest BCUT2D eigenvalue weighted by Gasteiger charge is 2.07. The molecule has 0 aliphatic heterocycles. The molecule has 3 aromatic carbocycles. The van der Waals surface area contributed by atoms with Gasteiger partial charge in [0, 0.05) is 11.1 Å². The molecule has 0 saturated carbocycles. The first kappa shape index (κ1) is 10.8. The summed E-state index contributed by atoms with van der Waals surface area (Å²) in [5.41, 5.74) is 10.7. The predicted molar refractivity (Wildman–Crippen MR) is 78.5 cm³/mol. The Balaban J connectivity index is 2.40. The van der Waals surface area contributed by atoms with E-state index in [2.05, 4.69) is 55.5 Å². The first-order valence-electron chi connectivity index (χ1n) is 6.10. The number of fused-ring (bicyclic) bond motifs is 1. The van der Waals surface area contributed by atoms with Gasteiger partial charge in [-0.05, 0) is 35.1 Å². The van der Waals surface area contributed by atoms with Gasteiger partial charge in [-0.15, -0.1) is 0 Å². The van der Waals surface area contributed by atoms with E-state index in [9.17, 15) is 0 Å². The molecule has 0 atom stereocenters. The maximum Gasteiger partial charge on any atom is 0.0400 e. The van der Waals surface area contributed by atoms with Crippen LogP contribution in [0.4, 0.5) is 5.69 Å². The van der Waals surface area contributed by atoms with Crippen molar-refractivity contribution in [3.8, 4) is 11.1 Å². The molecule has 1 heteroatoms. The Kier molecular flexibility index (Phi) is 2.52. The molecule has 2 N–H and O–H groups in total. The topological polar surface area (TPSA) is 26.0 Å². The Morgan fingerprint density at radius 1 is 0.722 bits per heavy atom. The van der Waals surface area contributed by atoms with Gasteiger partial charge in [-0.2, -0.15) is 0 Å². The van der Waals surface area contributed by atoms with Crippen LogP contribution in [-0.4, -0.2) is 0 Å². The van der Waals surface area contributed by atoms with E-state index in [0.717, 1.165) is 11.1 Å². The number of nitrogens with two attached hydrogens (primary N) is 1. The minimum Gasteiger partial charge on any atom is -0.398 e. The van der Waals surface area contributed by atoms with E-state index in [1.54, 1.807) is 0 Å². The van der Waals surface area contributed by atoms with Crippen LogP contribution in [0.2, 0.25) is 0 Å². The molecule has 3 rings (SSSR count). The Morgan fingerprint density at radius 3 is 2.17 bits per heavy atom. The zero-order valence-corrected chi connectivity index (χ0v) is 10.4. The smallest absolute Gasteiger partial charge is 0.0400 e. The zero-order chi connectivity index (χ0) is 12.5. The third kappa shape index (κ3) is 1.65. The molecular weight excluding hydrogens is 218 g/mol. The van der Waals surface area contributed by atoms with E-state index in [1.807, 2.05) is 12.1 Å². The standard InChI is InChI=1S/C17H15N/c1-12-6-2-3-9-14(12)15-10-4-7-13-8-5-11-16(18)17(13)15/h2-11H,18H2,1H3. The average molecular weight is 233 g/mol. The Labute approximate surface area is 107 Å². The molecule has 88 valence electrons. The zero-order valence-electron chi connectivity index (χ0n) is 10.4. The van der Waals surface area contributed by atoms with Gasteiger partial charge in [-0.3, -0.25) is 0 Å². The fourth-order valence-electron chi connectivity index (χ4n) is 2.47. The summed E-state index contributed by atoms with van der Waals surface area (Å²) in [6.45, 7) is 2.13. The molecule has 0 bridgehead atoms. The summed E-state index contributed by atoms with van der Waals surface area (Å²) in [6.07, 6.45) is 0.